The largest absolute Gasteiger partial charge is 0.481 e. The molecule has 108 valence electrons. The Morgan fingerprint density at radius 1 is 1.43 bits per heavy atom. The van der Waals surface area contributed by atoms with Crippen LogP contribution in [0.15, 0.2) is 35.0 Å². The zero-order valence-electron chi connectivity index (χ0n) is 11.0. The van der Waals surface area contributed by atoms with Crippen LogP contribution in [0.5, 0.6) is 0 Å². The summed E-state index contributed by atoms with van der Waals surface area (Å²) in [7, 11) is 0. The second kappa shape index (κ2) is 5.33. The second-order valence-electron chi connectivity index (χ2n) is 4.75. The number of aliphatic carboxylic acids is 1. The summed E-state index contributed by atoms with van der Waals surface area (Å²) in [6.45, 7) is 0.522. The molecule has 1 amide bonds. The van der Waals surface area contributed by atoms with Gasteiger partial charge in [0, 0.05) is 24.1 Å². The average Bonchev–Trinajstić information content (AvgIpc) is 3.03. The monoisotopic (exact) mass is 304 g/mol. The van der Waals surface area contributed by atoms with Crippen LogP contribution in [0.1, 0.15) is 16.9 Å². The molecule has 1 atom stereocenters. The number of rotatable bonds is 4. The van der Waals surface area contributed by atoms with Crippen LogP contribution in [0.25, 0.3) is 0 Å². The van der Waals surface area contributed by atoms with Gasteiger partial charge in [-0.3, -0.25) is 19.4 Å². The zero-order chi connectivity index (χ0) is 15.0. The molecule has 0 radical (unpaired) electrons. The van der Waals surface area contributed by atoms with Crippen molar-refractivity contribution >= 4 is 29.4 Å². The fraction of sp³-hybridized carbons (Fsp3) is 0.286. The maximum Gasteiger partial charge on any atom is 0.304 e. The molecule has 1 fully saturated rings. The van der Waals surface area contributed by atoms with Gasteiger partial charge in [0.15, 0.2) is 0 Å². The summed E-state index contributed by atoms with van der Waals surface area (Å²) < 4.78 is 0. The van der Waals surface area contributed by atoms with Crippen molar-refractivity contribution in [2.45, 2.75) is 6.42 Å². The van der Waals surface area contributed by atoms with E-state index >= 15 is 0 Å². The van der Waals surface area contributed by atoms with Gasteiger partial charge in [-0.05, 0) is 12.1 Å². The first-order chi connectivity index (χ1) is 10.1. The molecule has 3 rings (SSSR count). The van der Waals surface area contributed by atoms with Gasteiger partial charge in [0.25, 0.3) is 0 Å². The molecular weight excluding hydrogens is 292 g/mol. The fourth-order valence-corrected chi connectivity index (χ4v) is 3.76. The third kappa shape index (κ3) is 2.33. The van der Waals surface area contributed by atoms with Gasteiger partial charge in [0.05, 0.1) is 17.4 Å². The van der Waals surface area contributed by atoms with Crippen molar-refractivity contribution in [3.05, 3.63) is 40.7 Å². The van der Waals surface area contributed by atoms with E-state index in [1.165, 1.54) is 22.9 Å². The molecule has 2 aliphatic rings. The summed E-state index contributed by atoms with van der Waals surface area (Å²) in [5.41, 5.74) is 0.515. The van der Waals surface area contributed by atoms with Crippen molar-refractivity contribution in [2.24, 2.45) is 5.92 Å². The van der Waals surface area contributed by atoms with Crippen LogP contribution in [0, 0.1) is 5.92 Å². The van der Waals surface area contributed by atoms with Gasteiger partial charge in [-0.15, -0.1) is 11.8 Å². The second-order valence-corrected chi connectivity index (χ2v) is 5.84. The number of amides is 1. The van der Waals surface area contributed by atoms with Crippen LogP contribution in [-0.4, -0.2) is 44.9 Å². The summed E-state index contributed by atoms with van der Waals surface area (Å²) in [5, 5.41) is 9.60. The van der Waals surface area contributed by atoms with E-state index in [-0.39, 0.29) is 29.4 Å². The Morgan fingerprint density at radius 2 is 2.24 bits per heavy atom. The first kappa shape index (κ1) is 13.8. The Labute approximate surface area is 124 Å². The number of fused-ring (bicyclic) bond motifs is 1. The Bertz CT molecular complexity index is 656. The van der Waals surface area contributed by atoms with Gasteiger partial charge in [-0.1, -0.05) is 6.07 Å². The van der Waals surface area contributed by atoms with Crippen LogP contribution in [0.2, 0.25) is 0 Å². The molecule has 0 aliphatic carbocycles. The molecule has 7 heteroatoms. The van der Waals surface area contributed by atoms with E-state index < -0.39 is 11.9 Å². The van der Waals surface area contributed by atoms with Crippen molar-refractivity contribution in [3.8, 4) is 0 Å². The Hall–Kier alpha value is -2.15. The molecule has 1 saturated heterocycles. The number of ketones is 1. The minimum atomic E-state index is -1.09. The highest BCUT2D eigenvalue weighted by Gasteiger charge is 2.46. The molecule has 1 aromatic heterocycles. The predicted octanol–water partition coefficient (Wildman–Crippen LogP) is 1.16. The number of Topliss-reactive ketones (excluding diaryl/α,β-unsaturated/α-hetero) is 1. The van der Waals surface area contributed by atoms with E-state index in [0.29, 0.717) is 11.6 Å². The first-order valence-electron chi connectivity index (χ1n) is 6.45. The number of carbonyl (C=O) groups excluding carboxylic acids is 2. The molecule has 0 bridgehead atoms. The minimum Gasteiger partial charge on any atom is -0.481 e. The highest BCUT2D eigenvalue weighted by Crippen LogP contribution is 2.43. The quantitative estimate of drug-likeness (QED) is 0.840. The molecule has 3 heterocycles. The summed E-state index contributed by atoms with van der Waals surface area (Å²) >= 11 is 1.42. The van der Waals surface area contributed by atoms with E-state index in [0.717, 1.165) is 5.75 Å². The molecule has 2 aliphatic heterocycles. The van der Waals surface area contributed by atoms with E-state index in [1.54, 1.807) is 18.2 Å². The lowest BCUT2D eigenvalue weighted by atomic mass is 9.93. The van der Waals surface area contributed by atoms with Crippen molar-refractivity contribution < 1.29 is 19.5 Å². The summed E-state index contributed by atoms with van der Waals surface area (Å²) in [6, 6.07) is 4.95. The lowest BCUT2D eigenvalue weighted by Gasteiger charge is -2.12. The van der Waals surface area contributed by atoms with E-state index in [2.05, 4.69) is 4.98 Å². The van der Waals surface area contributed by atoms with Gasteiger partial charge < -0.3 is 10.0 Å². The lowest BCUT2D eigenvalue weighted by Crippen LogP contribution is -2.29. The van der Waals surface area contributed by atoms with Crippen molar-refractivity contribution in [1.82, 2.24) is 9.88 Å². The summed E-state index contributed by atoms with van der Waals surface area (Å²) in [4.78, 5) is 41.5. The van der Waals surface area contributed by atoms with Crippen LogP contribution in [-0.2, 0) is 9.59 Å². The number of hydrogen-bond donors (Lipinski definition) is 1. The van der Waals surface area contributed by atoms with E-state index in [9.17, 15) is 14.4 Å². The SMILES string of the molecule is O=C(O)CC1C(=O)N2CCSC2=C1C(=O)c1ccccn1. The normalized spacial score (nSPS) is 20.9. The first-order valence-corrected chi connectivity index (χ1v) is 7.44. The number of pyridine rings is 1. The van der Waals surface area contributed by atoms with E-state index in [4.69, 9.17) is 5.11 Å². The molecule has 0 spiro atoms. The number of carboxylic acid groups (broad SMARTS) is 1. The van der Waals surface area contributed by atoms with Crippen LogP contribution < -0.4 is 0 Å². The van der Waals surface area contributed by atoms with Gasteiger partial charge in [0.2, 0.25) is 11.7 Å². The fourth-order valence-electron chi connectivity index (χ4n) is 2.56. The Kier molecular flexibility index (Phi) is 3.50. The Morgan fingerprint density at radius 3 is 2.90 bits per heavy atom. The van der Waals surface area contributed by atoms with Crippen molar-refractivity contribution in [2.75, 3.05) is 12.3 Å². The smallest absolute Gasteiger partial charge is 0.304 e. The van der Waals surface area contributed by atoms with Crippen molar-refractivity contribution in [3.63, 3.8) is 0 Å². The number of aromatic nitrogens is 1. The number of thioether (sulfide) groups is 1. The maximum absolute atomic E-state index is 12.6. The third-order valence-electron chi connectivity index (χ3n) is 3.46. The molecule has 1 unspecified atom stereocenters. The number of carbonyl (C=O) groups is 3. The molecule has 21 heavy (non-hydrogen) atoms. The van der Waals surface area contributed by atoms with Crippen LogP contribution in [0.3, 0.4) is 0 Å². The molecule has 6 nitrogen and oxygen atoms in total. The topological polar surface area (TPSA) is 87.6 Å². The maximum atomic E-state index is 12.6. The van der Waals surface area contributed by atoms with Crippen LogP contribution in [0.4, 0.5) is 0 Å². The van der Waals surface area contributed by atoms with Gasteiger partial charge in [0.1, 0.15) is 5.69 Å². The molecule has 0 aromatic carbocycles. The predicted molar refractivity (Wildman–Crippen MR) is 75.5 cm³/mol. The molecule has 1 aromatic rings. The number of hydrogen-bond acceptors (Lipinski definition) is 5. The molecular formula is C14H12N2O4S. The Balaban J connectivity index is 2.03. The van der Waals surface area contributed by atoms with Crippen molar-refractivity contribution in [1.29, 1.82) is 0 Å². The van der Waals surface area contributed by atoms with Gasteiger partial charge in [-0.25, -0.2) is 0 Å². The zero-order valence-corrected chi connectivity index (χ0v) is 11.8. The van der Waals surface area contributed by atoms with Crippen LogP contribution >= 0.6 is 11.8 Å². The standard InChI is InChI=1S/C14H12N2O4S/c17-10(18)7-8-11(12(19)9-3-1-2-4-15-9)14-16(13(8)20)5-6-21-14/h1-4,8H,5-7H2,(H,17,18). The highest BCUT2D eigenvalue weighted by molar-refractivity contribution is 8.03. The lowest BCUT2D eigenvalue weighted by molar-refractivity contribution is -0.141. The average molecular weight is 304 g/mol. The van der Waals surface area contributed by atoms with E-state index in [1.807, 2.05) is 0 Å². The molecule has 1 N–H and O–H groups in total. The highest BCUT2D eigenvalue weighted by atomic mass is 32.2. The number of nitrogens with zero attached hydrogens (tertiary/aromatic N) is 2. The summed E-state index contributed by atoms with van der Waals surface area (Å²) in [6.07, 6.45) is 1.13. The minimum absolute atomic E-state index is 0.234. The molecule has 0 saturated carbocycles. The number of carboxylic acids is 1. The van der Waals surface area contributed by atoms with Gasteiger partial charge in [-0.2, -0.15) is 0 Å². The van der Waals surface area contributed by atoms with Gasteiger partial charge >= 0.3 is 5.97 Å². The third-order valence-corrected chi connectivity index (χ3v) is 4.56. The summed E-state index contributed by atoms with van der Waals surface area (Å²) in [5.74, 6) is -1.93.